The van der Waals surface area contributed by atoms with Gasteiger partial charge in [0, 0.05) is 65.5 Å². The number of aliphatic hydroxyl groups excluding tert-OH is 2. The highest BCUT2D eigenvalue weighted by Gasteiger charge is 2.76. The van der Waals surface area contributed by atoms with Gasteiger partial charge in [-0.3, -0.25) is 43.7 Å². The number of carboxylic acids is 1. The number of hydroxylamine groups is 2. The van der Waals surface area contributed by atoms with Crippen molar-refractivity contribution >= 4 is 81.3 Å². The lowest BCUT2D eigenvalue weighted by atomic mass is 9.46. The molecule has 5 fully saturated rings. The van der Waals surface area contributed by atoms with Gasteiger partial charge in [-0.05, 0) is 79.4 Å². The molecule has 3 saturated carbocycles. The first-order valence-corrected chi connectivity index (χ1v) is 26.9. The van der Waals surface area contributed by atoms with Crippen LogP contribution >= 0.6 is 11.3 Å². The summed E-state index contributed by atoms with van der Waals surface area (Å²) >= 11 is 1.20. The van der Waals surface area contributed by atoms with Crippen molar-refractivity contribution in [1.82, 2.24) is 20.7 Å². The van der Waals surface area contributed by atoms with Gasteiger partial charge in [0.2, 0.25) is 17.7 Å². The first-order valence-electron chi connectivity index (χ1n) is 26.0. The smallest absolute Gasteiger partial charge is 0.413 e. The summed E-state index contributed by atoms with van der Waals surface area (Å²) in [4.78, 5) is 133. The van der Waals surface area contributed by atoms with E-state index < -0.39 is 127 Å². The summed E-state index contributed by atoms with van der Waals surface area (Å²) in [6.45, 7) is 2.58. The molecule has 0 bridgehead atoms. The minimum absolute atomic E-state index is 0.0329. The molecule has 10 atom stereocenters. The Balaban J connectivity index is 0.721. The number of fused-ring (bicyclic) bond motifs is 7. The van der Waals surface area contributed by atoms with Gasteiger partial charge in [-0.25, -0.2) is 14.6 Å². The van der Waals surface area contributed by atoms with Crippen LogP contribution in [-0.4, -0.2) is 122 Å². The van der Waals surface area contributed by atoms with E-state index in [1.807, 2.05) is 37.3 Å². The van der Waals surface area contributed by atoms with Gasteiger partial charge in [-0.1, -0.05) is 61.9 Å². The second kappa shape index (κ2) is 23.1. The number of carbonyl (C=O) groups is 10. The minimum Gasteiger partial charge on any atom is -0.481 e. The van der Waals surface area contributed by atoms with Crippen LogP contribution in [0.25, 0.3) is 0 Å². The summed E-state index contributed by atoms with van der Waals surface area (Å²) in [7, 11) is 0. The van der Waals surface area contributed by atoms with Crippen LogP contribution in [-0.2, 0) is 75.2 Å². The number of allylic oxidation sites excluding steroid dienone is 4. The number of benzene rings is 2. The zero-order valence-corrected chi connectivity index (χ0v) is 44.0. The SMILES string of the molecule is C[C@]12C=CC(=O)C=C1CC[C@@H]1[C@@H]2[C@@H](O)C[C@@]2(C)[C@H]1C[C@H]1O[C@@H](c3ccc(Cc4csc(NC(=O)OCc5ccc(NC(=O)[C@H](CCC(=O)O)NC(=O)CNC(=O)CCC(=O)ON6C(=O)CCC6=O)cc5)n4)cc3)O[C@]12C(=O)CO. The van der Waals surface area contributed by atoms with Crippen LogP contribution in [0.2, 0.25) is 0 Å². The second-order valence-corrected chi connectivity index (χ2v) is 22.0. The number of ketones is 2. The fourth-order valence-corrected chi connectivity index (χ4v) is 13.2. The third-order valence-electron chi connectivity index (χ3n) is 16.3. The molecule has 6 amide bonds. The third kappa shape index (κ3) is 11.6. The van der Waals surface area contributed by atoms with Gasteiger partial charge in [-0.15, -0.1) is 16.4 Å². The Morgan fingerprint density at radius 1 is 0.911 bits per heavy atom. The summed E-state index contributed by atoms with van der Waals surface area (Å²) in [6, 6.07) is 12.3. The molecule has 2 aromatic carbocycles. The van der Waals surface area contributed by atoms with Crippen molar-refractivity contribution in [2.24, 2.45) is 28.6 Å². The lowest BCUT2D eigenvalue weighted by molar-refractivity contribution is -0.201. The molecule has 9 rings (SSSR count). The summed E-state index contributed by atoms with van der Waals surface area (Å²) in [6.07, 6.45) is 2.91. The average molecular weight is 1110 g/mol. The molecule has 24 heteroatoms. The number of aliphatic carboxylic acids is 1. The normalized spacial score (nSPS) is 27.8. The number of aliphatic hydroxyl groups is 2. The summed E-state index contributed by atoms with van der Waals surface area (Å²) in [5, 5.41) is 43.9. The van der Waals surface area contributed by atoms with E-state index in [0.717, 1.165) is 17.6 Å². The fraction of sp³-hybridized carbons (Fsp3) is 0.473. The van der Waals surface area contributed by atoms with E-state index >= 15 is 0 Å². The molecule has 23 nitrogen and oxygen atoms in total. The van der Waals surface area contributed by atoms with Gasteiger partial charge in [0.15, 0.2) is 28.6 Å². The van der Waals surface area contributed by atoms with Crippen LogP contribution in [0.5, 0.6) is 0 Å². The molecule has 0 radical (unpaired) electrons. The van der Waals surface area contributed by atoms with Crippen LogP contribution in [0, 0.1) is 28.6 Å². The Morgan fingerprint density at radius 3 is 2.34 bits per heavy atom. The highest BCUT2D eigenvalue weighted by molar-refractivity contribution is 7.13. The van der Waals surface area contributed by atoms with Crippen LogP contribution in [0.15, 0.2) is 77.7 Å². The predicted octanol–water partition coefficient (Wildman–Crippen LogP) is 3.88. The lowest BCUT2D eigenvalue weighted by Crippen LogP contribution is -2.63. The second-order valence-electron chi connectivity index (χ2n) is 21.2. The predicted molar refractivity (Wildman–Crippen MR) is 275 cm³/mol. The molecule has 0 spiro atoms. The molecule has 418 valence electrons. The Kier molecular flexibility index (Phi) is 16.4. The zero-order chi connectivity index (χ0) is 56.4. The number of hydrogen-bond acceptors (Lipinski definition) is 18. The molecule has 3 heterocycles. The number of rotatable bonds is 20. The van der Waals surface area contributed by atoms with Crippen molar-refractivity contribution in [2.45, 2.75) is 121 Å². The zero-order valence-electron chi connectivity index (χ0n) is 43.2. The molecule has 6 aliphatic rings. The number of anilines is 2. The molecule has 2 aliphatic heterocycles. The summed E-state index contributed by atoms with van der Waals surface area (Å²) in [5.74, 6) is -6.59. The molecular formula is C55H60N6O17S. The first kappa shape index (κ1) is 56.2. The number of amides is 6. The van der Waals surface area contributed by atoms with Gasteiger partial charge in [-0.2, -0.15) is 0 Å². The maximum Gasteiger partial charge on any atom is 0.413 e. The molecule has 4 aliphatic carbocycles. The number of hydrogen-bond donors (Lipinski definition) is 7. The third-order valence-corrected chi connectivity index (χ3v) is 17.1. The topological polar surface area (TPSA) is 333 Å². The van der Waals surface area contributed by atoms with E-state index in [-0.39, 0.29) is 61.5 Å². The highest BCUT2D eigenvalue weighted by atomic mass is 32.1. The summed E-state index contributed by atoms with van der Waals surface area (Å²) < 4.78 is 18.7. The molecule has 1 aromatic heterocycles. The molecule has 7 N–H and O–H groups in total. The van der Waals surface area contributed by atoms with Gasteiger partial charge in [0.05, 0.1) is 30.9 Å². The minimum atomic E-state index is -1.48. The molecule has 0 unspecified atom stereocenters. The maximum atomic E-state index is 14.0. The monoisotopic (exact) mass is 1110 g/mol. The van der Waals surface area contributed by atoms with Gasteiger partial charge in [0.1, 0.15) is 19.3 Å². The average Bonchev–Trinajstić information content (AvgIpc) is 1.98. The van der Waals surface area contributed by atoms with Gasteiger partial charge >= 0.3 is 18.0 Å². The van der Waals surface area contributed by atoms with Crippen LogP contribution < -0.4 is 21.3 Å². The fourth-order valence-electron chi connectivity index (χ4n) is 12.5. The number of aromatic nitrogens is 1. The number of ether oxygens (including phenoxy) is 3. The maximum absolute atomic E-state index is 14.0. The van der Waals surface area contributed by atoms with Gasteiger partial charge in [0.25, 0.3) is 11.8 Å². The van der Waals surface area contributed by atoms with Crippen molar-refractivity contribution in [1.29, 1.82) is 0 Å². The van der Waals surface area contributed by atoms with Crippen LogP contribution in [0.3, 0.4) is 0 Å². The number of imide groups is 1. The van der Waals surface area contributed by atoms with Crippen molar-refractivity contribution < 1.29 is 82.3 Å². The molecule has 3 aromatic rings. The van der Waals surface area contributed by atoms with E-state index in [0.29, 0.717) is 46.3 Å². The number of Topliss-reactive ketones (excluding diaryl/α,β-unsaturated/α-hetero) is 1. The number of nitrogens with zero attached hydrogens (tertiary/aromatic N) is 2. The Labute approximate surface area is 456 Å². The molecule has 79 heavy (non-hydrogen) atoms. The number of thiazole rings is 1. The van der Waals surface area contributed by atoms with Crippen molar-refractivity contribution in [3.63, 3.8) is 0 Å². The lowest BCUT2D eigenvalue weighted by Gasteiger charge is -2.59. The first-order chi connectivity index (χ1) is 37.7. The number of carboxylic acid groups (broad SMARTS) is 1. The van der Waals surface area contributed by atoms with E-state index in [4.69, 9.17) is 19.0 Å². The van der Waals surface area contributed by atoms with E-state index in [1.54, 1.807) is 29.7 Å². The largest absolute Gasteiger partial charge is 0.481 e. The van der Waals surface area contributed by atoms with Crippen LogP contribution in [0.1, 0.15) is 107 Å². The number of carbonyl (C=O) groups excluding carboxylic acids is 9. The van der Waals surface area contributed by atoms with Crippen molar-refractivity contribution in [3.8, 4) is 0 Å². The quantitative estimate of drug-likeness (QED) is 0.0790. The molecule has 2 saturated heterocycles. The Bertz CT molecular complexity index is 3000. The molecular weight excluding hydrogens is 1050 g/mol. The van der Waals surface area contributed by atoms with Crippen LogP contribution in [0.4, 0.5) is 15.6 Å². The van der Waals surface area contributed by atoms with Gasteiger partial charge < -0.3 is 50.3 Å². The highest BCUT2D eigenvalue weighted by Crippen LogP contribution is 2.70. The van der Waals surface area contributed by atoms with E-state index in [1.165, 1.54) is 23.5 Å². The Morgan fingerprint density at radius 2 is 1.63 bits per heavy atom. The van der Waals surface area contributed by atoms with E-state index in [9.17, 15) is 63.3 Å². The van der Waals surface area contributed by atoms with E-state index in [2.05, 4.69) is 33.2 Å². The van der Waals surface area contributed by atoms with Crippen molar-refractivity contribution in [2.75, 3.05) is 23.8 Å². The number of nitrogens with one attached hydrogen (secondary N) is 4. The standard InChI is InChI=1S/C55H60N6O17S/c1-53-20-19-35(63)22-32(53)9-12-36-37-23-41-55(40(65)26-62,54(37,2)24-39(64)48(36)53)77-50(76-41)31-7-3-29(4-8-31)21-34-28-79-51(58-34)60-52(74)75-27-30-5-10-33(11-6-30)57-49(73)38(13-17-46(70)71)59-43(67)25-56-42(66)14-18-47(72)78-61-44(68)15-16-45(61)69/h3-8,10-11,19-20,22,28,36-39,41,48,50,62,64H,9,12-18,21,23-27H2,1-2H3,(H,56,66)(H,57,73)(H,59,67)(H,70,71)(H,58,60,74)/t36-,37-,38-,39-,41+,48+,50+,53-,54-,55+/m0/s1. The summed E-state index contributed by atoms with van der Waals surface area (Å²) in [5.41, 5.74) is 1.31. The Hall–Kier alpha value is -7.51. The van der Waals surface area contributed by atoms with Crippen molar-refractivity contribution in [3.05, 3.63) is 100 Å².